The van der Waals surface area contributed by atoms with Crippen molar-refractivity contribution < 1.29 is 0 Å². The molecule has 3 aromatic rings. The Bertz CT molecular complexity index is 752. The lowest BCUT2D eigenvalue weighted by atomic mass is 10.2. The molecule has 6 nitrogen and oxygen atoms in total. The summed E-state index contributed by atoms with van der Waals surface area (Å²) in [6, 6.07) is 3.87. The average molecular weight is 308 g/mol. The standard InChI is InChI=1S/C17H20N6/c1-13-14(2)21-17(15-5-3-6-18-11-15)22-16(13)20-7-4-9-23-10-8-19-12-23/h3,5-6,8,10-12H,4,7,9H2,1-2H3,(H,20,21,22). The molecule has 118 valence electrons. The summed E-state index contributed by atoms with van der Waals surface area (Å²) in [6.07, 6.45) is 10.1. The zero-order chi connectivity index (χ0) is 16.1. The molecular weight excluding hydrogens is 288 g/mol. The second-order valence-corrected chi connectivity index (χ2v) is 5.43. The van der Waals surface area contributed by atoms with Crippen LogP contribution in [0.4, 0.5) is 5.82 Å². The maximum Gasteiger partial charge on any atom is 0.163 e. The van der Waals surface area contributed by atoms with Gasteiger partial charge in [0.2, 0.25) is 0 Å². The lowest BCUT2D eigenvalue weighted by molar-refractivity contribution is 0.660. The van der Waals surface area contributed by atoms with E-state index in [2.05, 4.69) is 29.8 Å². The zero-order valence-electron chi connectivity index (χ0n) is 13.4. The largest absolute Gasteiger partial charge is 0.370 e. The Morgan fingerprint density at radius 1 is 1.13 bits per heavy atom. The van der Waals surface area contributed by atoms with Crippen LogP contribution in [0.3, 0.4) is 0 Å². The molecule has 3 rings (SSSR count). The van der Waals surface area contributed by atoms with E-state index in [1.165, 1.54) is 0 Å². The summed E-state index contributed by atoms with van der Waals surface area (Å²) in [4.78, 5) is 17.4. The smallest absolute Gasteiger partial charge is 0.163 e. The van der Waals surface area contributed by atoms with Gasteiger partial charge in [0.15, 0.2) is 5.82 Å². The van der Waals surface area contributed by atoms with Crippen molar-refractivity contribution in [1.29, 1.82) is 0 Å². The molecule has 0 aliphatic rings. The van der Waals surface area contributed by atoms with Crippen LogP contribution in [0.25, 0.3) is 11.4 Å². The molecule has 0 amide bonds. The molecule has 0 saturated carbocycles. The third-order valence-electron chi connectivity index (χ3n) is 3.75. The van der Waals surface area contributed by atoms with Crippen LogP contribution < -0.4 is 5.32 Å². The summed E-state index contributed by atoms with van der Waals surface area (Å²) in [5.74, 6) is 1.60. The highest BCUT2D eigenvalue weighted by Crippen LogP contribution is 2.20. The highest BCUT2D eigenvalue weighted by molar-refractivity contribution is 5.58. The lowest BCUT2D eigenvalue weighted by Crippen LogP contribution is -2.10. The van der Waals surface area contributed by atoms with Crippen LogP contribution in [0.5, 0.6) is 0 Å². The van der Waals surface area contributed by atoms with Gasteiger partial charge in [-0.2, -0.15) is 0 Å². The summed E-state index contributed by atoms with van der Waals surface area (Å²) >= 11 is 0. The van der Waals surface area contributed by atoms with E-state index < -0.39 is 0 Å². The van der Waals surface area contributed by atoms with Crippen LogP contribution in [0.1, 0.15) is 17.7 Å². The number of rotatable bonds is 6. The second kappa shape index (κ2) is 7.00. The van der Waals surface area contributed by atoms with Crippen LogP contribution in [0.15, 0.2) is 43.2 Å². The molecule has 0 aliphatic carbocycles. The van der Waals surface area contributed by atoms with Gasteiger partial charge >= 0.3 is 0 Å². The van der Waals surface area contributed by atoms with E-state index in [-0.39, 0.29) is 0 Å². The molecule has 0 bridgehead atoms. The second-order valence-electron chi connectivity index (χ2n) is 5.43. The van der Waals surface area contributed by atoms with Gasteiger partial charge in [0.25, 0.3) is 0 Å². The molecule has 23 heavy (non-hydrogen) atoms. The summed E-state index contributed by atoms with van der Waals surface area (Å²) in [5.41, 5.74) is 2.99. The number of hydrogen-bond donors (Lipinski definition) is 1. The molecule has 6 heteroatoms. The summed E-state index contributed by atoms with van der Waals surface area (Å²) < 4.78 is 2.07. The fourth-order valence-corrected chi connectivity index (χ4v) is 2.31. The molecule has 0 aliphatic heterocycles. The van der Waals surface area contributed by atoms with Gasteiger partial charge in [-0.1, -0.05) is 0 Å². The van der Waals surface area contributed by atoms with Crippen molar-refractivity contribution in [3.63, 3.8) is 0 Å². The quantitative estimate of drug-likeness (QED) is 0.709. The van der Waals surface area contributed by atoms with Crippen LogP contribution in [0, 0.1) is 13.8 Å². The van der Waals surface area contributed by atoms with Gasteiger partial charge < -0.3 is 9.88 Å². The van der Waals surface area contributed by atoms with Crippen molar-refractivity contribution >= 4 is 5.82 Å². The maximum absolute atomic E-state index is 4.66. The minimum Gasteiger partial charge on any atom is -0.370 e. The van der Waals surface area contributed by atoms with E-state index in [1.54, 1.807) is 18.6 Å². The van der Waals surface area contributed by atoms with Gasteiger partial charge in [0, 0.05) is 54.7 Å². The predicted octanol–water partition coefficient (Wildman–Crippen LogP) is 2.85. The number of aromatic nitrogens is 5. The fraction of sp³-hybridized carbons (Fsp3) is 0.294. The van der Waals surface area contributed by atoms with Gasteiger partial charge in [0.05, 0.1) is 6.33 Å². The van der Waals surface area contributed by atoms with Crippen molar-refractivity contribution in [2.45, 2.75) is 26.8 Å². The Kier molecular flexibility index (Phi) is 4.61. The van der Waals surface area contributed by atoms with E-state index in [4.69, 9.17) is 0 Å². The third-order valence-corrected chi connectivity index (χ3v) is 3.75. The SMILES string of the molecule is Cc1nc(-c2cccnc2)nc(NCCCn2ccnc2)c1C. The third kappa shape index (κ3) is 3.71. The Balaban J connectivity index is 1.69. The maximum atomic E-state index is 4.66. The van der Waals surface area contributed by atoms with Gasteiger partial charge in [-0.3, -0.25) is 4.98 Å². The zero-order valence-corrected chi connectivity index (χ0v) is 13.4. The molecular formula is C17H20N6. The van der Waals surface area contributed by atoms with Crippen LogP contribution in [0.2, 0.25) is 0 Å². The molecule has 0 aromatic carbocycles. The highest BCUT2D eigenvalue weighted by Gasteiger charge is 2.09. The molecule has 0 radical (unpaired) electrons. The summed E-state index contributed by atoms with van der Waals surface area (Å²) in [6.45, 7) is 5.83. The average Bonchev–Trinajstić information content (AvgIpc) is 3.09. The lowest BCUT2D eigenvalue weighted by Gasteiger charge is -2.12. The summed E-state index contributed by atoms with van der Waals surface area (Å²) in [5, 5.41) is 3.42. The molecule has 0 saturated heterocycles. The monoisotopic (exact) mass is 308 g/mol. The van der Waals surface area contributed by atoms with Crippen molar-refractivity contribution in [1.82, 2.24) is 24.5 Å². The normalized spacial score (nSPS) is 10.7. The summed E-state index contributed by atoms with van der Waals surface area (Å²) in [7, 11) is 0. The molecule has 3 aromatic heterocycles. The van der Waals surface area contributed by atoms with Crippen molar-refractivity contribution in [2.24, 2.45) is 0 Å². The number of aryl methyl sites for hydroxylation is 2. The Morgan fingerprint density at radius 3 is 2.78 bits per heavy atom. The molecule has 3 heterocycles. The Morgan fingerprint density at radius 2 is 2.04 bits per heavy atom. The van der Waals surface area contributed by atoms with Crippen LogP contribution in [-0.4, -0.2) is 31.0 Å². The minimum atomic E-state index is 0.707. The van der Waals surface area contributed by atoms with E-state index >= 15 is 0 Å². The number of nitrogens with zero attached hydrogens (tertiary/aromatic N) is 5. The molecule has 0 fully saturated rings. The molecule has 0 spiro atoms. The first kappa shape index (κ1) is 15.1. The number of imidazole rings is 1. The number of anilines is 1. The predicted molar refractivity (Wildman–Crippen MR) is 90.1 cm³/mol. The van der Waals surface area contributed by atoms with Gasteiger partial charge in [-0.15, -0.1) is 0 Å². The van der Waals surface area contributed by atoms with Crippen molar-refractivity contribution in [3.8, 4) is 11.4 Å². The first-order valence-electron chi connectivity index (χ1n) is 7.69. The van der Waals surface area contributed by atoms with Gasteiger partial charge in [-0.05, 0) is 32.4 Å². The van der Waals surface area contributed by atoms with Crippen molar-refractivity contribution in [3.05, 3.63) is 54.5 Å². The minimum absolute atomic E-state index is 0.707. The van der Waals surface area contributed by atoms with Gasteiger partial charge in [-0.25, -0.2) is 15.0 Å². The Labute approximate surface area is 135 Å². The first-order chi connectivity index (χ1) is 11.2. The number of hydrogen-bond acceptors (Lipinski definition) is 5. The number of nitrogens with one attached hydrogen (secondary N) is 1. The molecule has 0 unspecified atom stereocenters. The molecule has 0 atom stereocenters. The van der Waals surface area contributed by atoms with Crippen LogP contribution in [-0.2, 0) is 6.54 Å². The fourth-order valence-electron chi connectivity index (χ4n) is 2.31. The first-order valence-corrected chi connectivity index (χ1v) is 7.69. The number of pyridine rings is 1. The van der Waals surface area contributed by atoms with E-state index in [9.17, 15) is 0 Å². The van der Waals surface area contributed by atoms with E-state index in [0.29, 0.717) is 5.82 Å². The topological polar surface area (TPSA) is 68.5 Å². The molecule has 1 N–H and O–H groups in total. The van der Waals surface area contributed by atoms with Crippen molar-refractivity contribution in [2.75, 3.05) is 11.9 Å². The highest BCUT2D eigenvalue weighted by atomic mass is 15.1. The van der Waals surface area contributed by atoms with Crippen LogP contribution >= 0.6 is 0 Å². The van der Waals surface area contributed by atoms with E-state index in [1.807, 2.05) is 38.5 Å². The Hall–Kier alpha value is -2.76. The van der Waals surface area contributed by atoms with E-state index in [0.717, 1.165) is 42.1 Å². The van der Waals surface area contributed by atoms with Gasteiger partial charge in [0.1, 0.15) is 5.82 Å².